The van der Waals surface area contributed by atoms with Crippen molar-refractivity contribution in [3.8, 4) is 0 Å². The fourth-order valence-corrected chi connectivity index (χ4v) is 2.39. The third kappa shape index (κ3) is 2.84. The predicted octanol–water partition coefficient (Wildman–Crippen LogP) is 3.07. The second-order valence-electron chi connectivity index (χ2n) is 3.60. The number of carbonyl (C=O) groups excluding carboxylic acids is 1. The van der Waals surface area contributed by atoms with Gasteiger partial charge in [0.1, 0.15) is 0 Å². The molecule has 0 N–H and O–H groups in total. The Morgan fingerprint density at radius 2 is 2.35 bits per heavy atom. The van der Waals surface area contributed by atoms with Crippen LogP contribution < -0.4 is 0 Å². The van der Waals surface area contributed by atoms with Gasteiger partial charge in [-0.15, -0.1) is 11.3 Å². The fraction of sp³-hybridized carbons (Fsp3) is 0.167. The topological polar surface area (TPSA) is 33.2 Å². The molecule has 2 rings (SSSR count). The van der Waals surface area contributed by atoms with Crippen LogP contribution in [-0.4, -0.2) is 22.8 Å². The number of amides is 1. The predicted molar refractivity (Wildman–Crippen MR) is 69.4 cm³/mol. The zero-order chi connectivity index (χ0) is 12.3. The minimum atomic E-state index is -0.114. The van der Waals surface area contributed by atoms with Gasteiger partial charge in [0.15, 0.2) is 0 Å². The molecule has 0 saturated heterocycles. The van der Waals surface area contributed by atoms with Crippen molar-refractivity contribution in [2.75, 3.05) is 7.05 Å². The molecule has 0 aliphatic heterocycles. The molecular weight excluding hydrogens is 256 g/mol. The molecule has 0 bridgehead atoms. The number of hydrogen-bond acceptors (Lipinski definition) is 3. The van der Waals surface area contributed by atoms with Gasteiger partial charge >= 0.3 is 0 Å². The highest BCUT2D eigenvalue weighted by Gasteiger charge is 2.15. The number of hydrogen-bond donors (Lipinski definition) is 0. The molecule has 0 fully saturated rings. The molecule has 88 valence electrons. The van der Waals surface area contributed by atoms with Crippen LogP contribution in [0.15, 0.2) is 36.0 Å². The Balaban J connectivity index is 2.13. The Morgan fingerprint density at radius 3 is 3.00 bits per heavy atom. The lowest BCUT2D eigenvalue weighted by molar-refractivity contribution is 0.0786. The standard InChI is InChI=1S/C12H11ClN2OS/c1-15(8-9-3-2-6-17-9)12(16)10-7-14-5-4-11(10)13/h2-7H,8H2,1H3. The maximum absolute atomic E-state index is 12.1. The Hall–Kier alpha value is -1.39. The van der Waals surface area contributed by atoms with Crippen LogP contribution in [0, 0.1) is 0 Å². The van der Waals surface area contributed by atoms with E-state index in [0.717, 1.165) is 4.88 Å². The highest BCUT2D eigenvalue weighted by molar-refractivity contribution is 7.09. The number of rotatable bonds is 3. The summed E-state index contributed by atoms with van der Waals surface area (Å²) in [6.07, 6.45) is 3.06. The van der Waals surface area contributed by atoms with Crippen molar-refractivity contribution in [1.29, 1.82) is 0 Å². The van der Waals surface area contributed by atoms with E-state index in [1.807, 2.05) is 17.5 Å². The lowest BCUT2D eigenvalue weighted by atomic mass is 10.2. The van der Waals surface area contributed by atoms with Crippen LogP contribution in [0.4, 0.5) is 0 Å². The summed E-state index contributed by atoms with van der Waals surface area (Å²) in [7, 11) is 1.76. The normalized spacial score (nSPS) is 10.2. The van der Waals surface area contributed by atoms with E-state index in [1.165, 1.54) is 6.20 Å². The smallest absolute Gasteiger partial charge is 0.257 e. The summed E-state index contributed by atoms with van der Waals surface area (Å²) in [5.41, 5.74) is 0.438. The summed E-state index contributed by atoms with van der Waals surface area (Å²) >= 11 is 7.59. The summed E-state index contributed by atoms with van der Waals surface area (Å²) in [5.74, 6) is -0.114. The molecule has 2 heterocycles. The molecule has 0 atom stereocenters. The first-order chi connectivity index (χ1) is 8.18. The minimum absolute atomic E-state index is 0.114. The Morgan fingerprint density at radius 1 is 1.53 bits per heavy atom. The molecule has 0 radical (unpaired) electrons. The van der Waals surface area contributed by atoms with Crippen molar-refractivity contribution >= 4 is 28.8 Å². The average Bonchev–Trinajstić information content (AvgIpc) is 2.81. The van der Waals surface area contributed by atoms with Gasteiger partial charge in [-0.25, -0.2) is 0 Å². The molecule has 2 aromatic heterocycles. The van der Waals surface area contributed by atoms with Crippen LogP contribution >= 0.6 is 22.9 Å². The monoisotopic (exact) mass is 266 g/mol. The summed E-state index contributed by atoms with van der Waals surface area (Å²) < 4.78 is 0. The average molecular weight is 267 g/mol. The second-order valence-corrected chi connectivity index (χ2v) is 5.04. The molecule has 0 spiro atoms. The molecule has 3 nitrogen and oxygen atoms in total. The van der Waals surface area contributed by atoms with E-state index in [0.29, 0.717) is 17.1 Å². The Labute approximate surface area is 109 Å². The molecular formula is C12H11ClN2OS. The van der Waals surface area contributed by atoms with Gasteiger partial charge in [-0.1, -0.05) is 17.7 Å². The molecule has 0 unspecified atom stereocenters. The largest absolute Gasteiger partial charge is 0.336 e. The van der Waals surface area contributed by atoms with E-state index in [-0.39, 0.29) is 5.91 Å². The molecule has 1 amide bonds. The van der Waals surface area contributed by atoms with Crippen molar-refractivity contribution in [3.05, 3.63) is 51.4 Å². The second kappa shape index (κ2) is 5.29. The maximum Gasteiger partial charge on any atom is 0.257 e. The van der Waals surface area contributed by atoms with E-state index < -0.39 is 0 Å². The fourth-order valence-electron chi connectivity index (χ4n) is 1.45. The van der Waals surface area contributed by atoms with E-state index in [9.17, 15) is 4.79 Å². The van der Waals surface area contributed by atoms with Crippen molar-refractivity contribution in [3.63, 3.8) is 0 Å². The maximum atomic E-state index is 12.1. The Bertz CT molecular complexity index is 513. The van der Waals surface area contributed by atoms with E-state index in [2.05, 4.69) is 4.98 Å². The van der Waals surface area contributed by atoms with Crippen molar-refractivity contribution in [2.24, 2.45) is 0 Å². The van der Waals surface area contributed by atoms with Gasteiger partial charge in [-0.05, 0) is 17.5 Å². The third-order valence-electron chi connectivity index (χ3n) is 2.32. The summed E-state index contributed by atoms with van der Waals surface area (Å²) in [4.78, 5) is 18.8. The van der Waals surface area contributed by atoms with Gasteiger partial charge < -0.3 is 4.90 Å². The molecule has 5 heteroatoms. The molecule has 0 saturated carbocycles. The zero-order valence-electron chi connectivity index (χ0n) is 9.26. The number of carbonyl (C=O) groups is 1. The van der Waals surface area contributed by atoms with Gasteiger partial charge in [0.05, 0.1) is 17.1 Å². The molecule has 2 aromatic rings. The first-order valence-electron chi connectivity index (χ1n) is 5.06. The quantitative estimate of drug-likeness (QED) is 0.855. The van der Waals surface area contributed by atoms with Gasteiger partial charge in [0.25, 0.3) is 5.91 Å². The molecule has 17 heavy (non-hydrogen) atoms. The van der Waals surface area contributed by atoms with Crippen LogP contribution in [-0.2, 0) is 6.54 Å². The Kier molecular flexibility index (Phi) is 3.76. The van der Waals surface area contributed by atoms with Gasteiger partial charge in [-0.2, -0.15) is 0 Å². The first-order valence-corrected chi connectivity index (χ1v) is 6.31. The summed E-state index contributed by atoms with van der Waals surface area (Å²) in [6, 6.07) is 5.59. The minimum Gasteiger partial charge on any atom is -0.336 e. The molecule has 0 aliphatic carbocycles. The summed E-state index contributed by atoms with van der Waals surface area (Å²) in [5, 5.41) is 2.42. The molecule has 0 aliphatic rings. The van der Waals surface area contributed by atoms with Crippen LogP contribution in [0.25, 0.3) is 0 Å². The number of nitrogens with zero attached hydrogens (tertiary/aromatic N) is 2. The van der Waals surface area contributed by atoms with Gasteiger partial charge in [-0.3, -0.25) is 9.78 Å². The lowest BCUT2D eigenvalue weighted by Crippen LogP contribution is -2.26. The van der Waals surface area contributed by atoms with Crippen molar-refractivity contribution in [2.45, 2.75) is 6.54 Å². The SMILES string of the molecule is CN(Cc1cccs1)C(=O)c1cnccc1Cl. The van der Waals surface area contributed by atoms with Gasteiger partial charge in [0.2, 0.25) is 0 Å². The number of aromatic nitrogens is 1. The number of pyridine rings is 1. The lowest BCUT2D eigenvalue weighted by Gasteiger charge is -2.16. The highest BCUT2D eigenvalue weighted by Crippen LogP contribution is 2.17. The van der Waals surface area contributed by atoms with E-state index >= 15 is 0 Å². The number of halogens is 1. The third-order valence-corrected chi connectivity index (χ3v) is 3.51. The van der Waals surface area contributed by atoms with E-state index in [4.69, 9.17) is 11.6 Å². The van der Waals surface area contributed by atoms with Crippen LogP contribution in [0.1, 0.15) is 15.2 Å². The first kappa shape index (κ1) is 12.1. The zero-order valence-corrected chi connectivity index (χ0v) is 10.8. The van der Waals surface area contributed by atoms with Gasteiger partial charge in [0, 0.05) is 24.3 Å². The molecule has 0 aromatic carbocycles. The van der Waals surface area contributed by atoms with Crippen molar-refractivity contribution in [1.82, 2.24) is 9.88 Å². The number of thiophene rings is 1. The van der Waals surface area contributed by atoms with E-state index in [1.54, 1.807) is 35.5 Å². The van der Waals surface area contributed by atoms with Crippen LogP contribution in [0.5, 0.6) is 0 Å². The van der Waals surface area contributed by atoms with Crippen LogP contribution in [0.2, 0.25) is 5.02 Å². The van der Waals surface area contributed by atoms with Crippen molar-refractivity contribution < 1.29 is 4.79 Å². The van der Waals surface area contributed by atoms with Crippen LogP contribution in [0.3, 0.4) is 0 Å². The summed E-state index contributed by atoms with van der Waals surface area (Å²) in [6.45, 7) is 0.585. The highest BCUT2D eigenvalue weighted by atomic mass is 35.5.